The van der Waals surface area contributed by atoms with Crippen LogP contribution in [0.25, 0.3) is 33.0 Å². The Morgan fingerprint density at radius 3 is 2.69 bits per heavy atom. The summed E-state index contributed by atoms with van der Waals surface area (Å²) in [7, 11) is 1.87. The molecule has 1 aliphatic carbocycles. The molecule has 178 valence electrons. The monoisotopic (exact) mass is 466 g/mol. The lowest BCUT2D eigenvalue weighted by Crippen LogP contribution is -2.06. The highest BCUT2D eigenvalue weighted by atomic mass is 19.1. The Balaban J connectivity index is 1.79. The van der Waals surface area contributed by atoms with Gasteiger partial charge in [0.05, 0.1) is 23.4 Å². The van der Waals surface area contributed by atoms with Crippen LogP contribution in [0.4, 0.5) is 10.1 Å². The molecule has 0 aliphatic heterocycles. The van der Waals surface area contributed by atoms with E-state index in [0.717, 1.165) is 58.0 Å². The van der Waals surface area contributed by atoms with Crippen LogP contribution in [-0.4, -0.2) is 16.6 Å². The van der Waals surface area contributed by atoms with Gasteiger partial charge in [-0.05, 0) is 85.0 Å². The number of benzene rings is 2. The Morgan fingerprint density at radius 1 is 1.20 bits per heavy atom. The molecule has 0 saturated heterocycles. The standard InChI is InChI=1S/C30H31FN4/c1-5-19(10-7-11-33-4)29-24-12-20-8-6-9-21(20)14-28(24)35(30(29)18(2)3)17-22-13-23-26(32)16-34-27(23)15-25(22)31/h5,7,10-16,33-34H,1-2,6,8-9,17,32H2,3-4H3/b11-7-,19-10+. The summed E-state index contributed by atoms with van der Waals surface area (Å²) in [4.78, 5) is 3.04. The number of allylic oxidation sites excluding steroid dienone is 5. The van der Waals surface area contributed by atoms with Crippen LogP contribution in [0, 0.1) is 5.82 Å². The molecule has 35 heavy (non-hydrogen) atoms. The fourth-order valence-corrected chi connectivity index (χ4v) is 5.32. The number of H-pyrrole nitrogens is 1. The van der Waals surface area contributed by atoms with Crippen molar-refractivity contribution in [2.45, 2.75) is 32.7 Å². The van der Waals surface area contributed by atoms with E-state index in [9.17, 15) is 0 Å². The predicted molar refractivity (Wildman–Crippen MR) is 147 cm³/mol. The van der Waals surface area contributed by atoms with Crippen molar-refractivity contribution < 1.29 is 4.39 Å². The van der Waals surface area contributed by atoms with Crippen LogP contribution in [0.5, 0.6) is 0 Å². The van der Waals surface area contributed by atoms with Crippen LogP contribution >= 0.6 is 0 Å². The molecule has 2 aromatic carbocycles. The minimum atomic E-state index is -0.256. The first-order chi connectivity index (χ1) is 16.9. The van der Waals surface area contributed by atoms with Crippen LogP contribution in [0.15, 0.2) is 68.0 Å². The summed E-state index contributed by atoms with van der Waals surface area (Å²) in [5.41, 5.74) is 15.9. The SMILES string of the molecule is C=C/C(=C\C=C/NC)c1c(C(=C)C)n(Cc2cc3c(N)c[nH]c3cc2F)c2cc3c(cc12)CCC3. The van der Waals surface area contributed by atoms with Crippen molar-refractivity contribution in [2.75, 3.05) is 12.8 Å². The number of nitrogens with one attached hydrogen (secondary N) is 2. The molecule has 1 aliphatic rings. The highest BCUT2D eigenvalue weighted by molar-refractivity contribution is 6.02. The number of halogens is 1. The zero-order valence-corrected chi connectivity index (χ0v) is 20.3. The maximum absolute atomic E-state index is 15.3. The van der Waals surface area contributed by atoms with Crippen molar-refractivity contribution in [1.29, 1.82) is 0 Å². The number of hydrogen-bond acceptors (Lipinski definition) is 2. The first-order valence-electron chi connectivity index (χ1n) is 12.0. The van der Waals surface area contributed by atoms with Gasteiger partial charge in [0.1, 0.15) is 5.82 Å². The molecule has 0 spiro atoms. The lowest BCUT2D eigenvalue weighted by Gasteiger charge is -2.14. The summed E-state index contributed by atoms with van der Waals surface area (Å²) in [5, 5.41) is 5.01. The number of aromatic amines is 1. The Kier molecular flexibility index (Phi) is 5.85. The van der Waals surface area contributed by atoms with E-state index < -0.39 is 0 Å². The second-order valence-corrected chi connectivity index (χ2v) is 9.29. The number of aryl methyl sites for hydroxylation is 2. The molecule has 0 saturated carbocycles. The van der Waals surface area contributed by atoms with Gasteiger partial charge < -0.3 is 20.6 Å². The summed E-state index contributed by atoms with van der Waals surface area (Å²) in [6, 6.07) is 8.00. The van der Waals surface area contributed by atoms with Crippen molar-refractivity contribution >= 4 is 38.6 Å². The number of rotatable bonds is 7. The van der Waals surface area contributed by atoms with Crippen molar-refractivity contribution in [3.05, 3.63) is 102 Å². The molecule has 0 atom stereocenters. The van der Waals surface area contributed by atoms with Crippen LogP contribution in [0.2, 0.25) is 0 Å². The number of anilines is 1. The Morgan fingerprint density at radius 2 is 1.97 bits per heavy atom. The molecule has 4 aromatic rings. The minimum absolute atomic E-state index is 0.256. The molecule has 0 radical (unpaired) electrons. The quantitative estimate of drug-likeness (QED) is 0.265. The molecule has 5 rings (SSSR count). The van der Waals surface area contributed by atoms with Crippen molar-refractivity contribution in [3.63, 3.8) is 0 Å². The maximum atomic E-state index is 15.3. The Hall–Kier alpha value is -3.99. The number of hydrogen-bond donors (Lipinski definition) is 3. The topological polar surface area (TPSA) is 58.8 Å². The fraction of sp³-hybridized carbons (Fsp3) is 0.200. The van der Waals surface area contributed by atoms with Crippen molar-refractivity contribution in [3.8, 4) is 0 Å². The lowest BCUT2D eigenvalue weighted by atomic mass is 9.97. The zero-order valence-electron chi connectivity index (χ0n) is 20.3. The van der Waals surface area contributed by atoms with Gasteiger partial charge in [0.15, 0.2) is 0 Å². The summed E-state index contributed by atoms with van der Waals surface area (Å²) in [6.07, 6.45) is 12.8. The first-order valence-corrected chi connectivity index (χ1v) is 12.0. The molecule has 0 fully saturated rings. The van der Waals surface area contributed by atoms with Gasteiger partial charge in [0.25, 0.3) is 0 Å². The Bertz CT molecular complexity index is 1540. The molecule has 4 N–H and O–H groups in total. The highest BCUT2D eigenvalue weighted by Crippen LogP contribution is 2.40. The largest absolute Gasteiger partial charge is 0.397 e. The van der Waals surface area contributed by atoms with Crippen LogP contribution in [0.3, 0.4) is 0 Å². The summed E-state index contributed by atoms with van der Waals surface area (Å²) < 4.78 is 17.5. The Labute approximate surface area is 205 Å². The summed E-state index contributed by atoms with van der Waals surface area (Å²) in [5.74, 6) is -0.256. The molecule has 0 unspecified atom stereocenters. The predicted octanol–water partition coefficient (Wildman–Crippen LogP) is 6.72. The van der Waals surface area contributed by atoms with Gasteiger partial charge in [0.2, 0.25) is 0 Å². The molecule has 2 heterocycles. The van der Waals surface area contributed by atoms with E-state index in [0.29, 0.717) is 23.3 Å². The molecular formula is C30H31FN4. The van der Waals surface area contributed by atoms with Crippen LogP contribution < -0.4 is 11.1 Å². The van der Waals surface area contributed by atoms with Gasteiger partial charge >= 0.3 is 0 Å². The third-order valence-electron chi connectivity index (χ3n) is 6.94. The van der Waals surface area contributed by atoms with E-state index in [1.54, 1.807) is 6.20 Å². The second kappa shape index (κ2) is 8.99. The summed E-state index contributed by atoms with van der Waals surface area (Å²) >= 11 is 0. The number of aromatic nitrogens is 2. The van der Waals surface area contributed by atoms with Crippen LogP contribution in [-0.2, 0) is 19.4 Å². The molecule has 0 bridgehead atoms. The van der Waals surface area contributed by atoms with Crippen molar-refractivity contribution in [2.24, 2.45) is 0 Å². The average Bonchev–Trinajstić information content (AvgIpc) is 3.52. The van der Waals surface area contributed by atoms with Crippen molar-refractivity contribution in [1.82, 2.24) is 14.9 Å². The van der Waals surface area contributed by atoms with Gasteiger partial charge in [-0.1, -0.05) is 25.3 Å². The smallest absolute Gasteiger partial charge is 0.130 e. The normalized spacial score (nSPS) is 13.7. The number of nitrogen functional groups attached to an aromatic ring is 1. The van der Waals surface area contributed by atoms with Gasteiger partial charge in [-0.3, -0.25) is 0 Å². The molecular weight excluding hydrogens is 435 g/mol. The molecule has 2 aromatic heterocycles. The van der Waals surface area contributed by atoms with Gasteiger partial charge in [-0.15, -0.1) is 0 Å². The summed E-state index contributed by atoms with van der Waals surface area (Å²) in [6.45, 7) is 10.8. The van der Waals surface area contributed by atoms with Crippen LogP contribution in [0.1, 0.15) is 41.3 Å². The number of nitrogens with two attached hydrogens (primary N) is 1. The van der Waals surface area contributed by atoms with E-state index in [1.807, 2.05) is 38.4 Å². The minimum Gasteiger partial charge on any atom is -0.397 e. The van der Waals surface area contributed by atoms with E-state index in [2.05, 4.69) is 46.2 Å². The second-order valence-electron chi connectivity index (χ2n) is 9.29. The lowest BCUT2D eigenvalue weighted by molar-refractivity contribution is 0.603. The molecule has 4 nitrogen and oxygen atoms in total. The average molecular weight is 467 g/mol. The molecule has 5 heteroatoms. The van der Waals surface area contributed by atoms with E-state index >= 15 is 4.39 Å². The van der Waals surface area contributed by atoms with E-state index in [-0.39, 0.29) is 5.82 Å². The van der Waals surface area contributed by atoms with Gasteiger partial charge in [0, 0.05) is 40.7 Å². The van der Waals surface area contributed by atoms with Gasteiger partial charge in [-0.25, -0.2) is 4.39 Å². The molecule has 0 amide bonds. The number of nitrogens with zero attached hydrogens (tertiary/aromatic N) is 1. The zero-order chi connectivity index (χ0) is 24.7. The van der Waals surface area contributed by atoms with E-state index in [1.165, 1.54) is 17.2 Å². The van der Waals surface area contributed by atoms with E-state index in [4.69, 9.17) is 5.73 Å². The van der Waals surface area contributed by atoms with Gasteiger partial charge in [-0.2, -0.15) is 0 Å². The third kappa shape index (κ3) is 3.87. The number of fused-ring (bicyclic) bond motifs is 3. The first kappa shape index (κ1) is 22.8. The third-order valence-corrected chi connectivity index (χ3v) is 6.94. The highest BCUT2D eigenvalue weighted by Gasteiger charge is 2.23. The maximum Gasteiger partial charge on any atom is 0.130 e. The fourth-order valence-electron chi connectivity index (χ4n) is 5.32.